The molecule has 0 aliphatic heterocycles. The van der Waals surface area contributed by atoms with Crippen molar-refractivity contribution in [1.29, 1.82) is 0 Å². The smallest absolute Gasteiger partial charge is 0.228 e. The van der Waals surface area contributed by atoms with Crippen LogP contribution in [0.1, 0.15) is 19.3 Å². The minimum Gasteiger partial charge on any atom is -0.309 e. The molecule has 0 atom stereocenters. The van der Waals surface area contributed by atoms with Gasteiger partial charge in [-0.2, -0.15) is 0 Å². The molecule has 0 N–H and O–H groups in total. The van der Waals surface area contributed by atoms with Gasteiger partial charge in [0.2, 0.25) is 5.91 Å². The number of rotatable bonds is 10. The molecule has 0 aliphatic carbocycles. The lowest BCUT2D eigenvalue weighted by Gasteiger charge is -2.21. The first kappa shape index (κ1) is 22.7. The average molecular weight is 450 g/mol. The van der Waals surface area contributed by atoms with Gasteiger partial charge < -0.3 is 4.90 Å². The number of thioether (sulfide) groups is 1. The Bertz CT molecular complexity index is 976. The molecule has 0 fully saturated rings. The monoisotopic (exact) mass is 449 g/mol. The standard InChI is InChI=1S/C22H25F2N3OS2/c1-26(2)12-4-13-27(22-25-19-11-8-17(24)15-20(19)30-22)21(28)5-3-14-29-18-9-6-16(23)7-10-18/h6-11,15H,3-5,12-14H2,1-2H3. The molecule has 1 heterocycles. The van der Waals surface area contributed by atoms with Crippen LogP contribution in [0.15, 0.2) is 47.4 Å². The quantitative estimate of drug-likeness (QED) is 0.305. The summed E-state index contributed by atoms with van der Waals surface area (Å²) >= 11 is 2.95. The molecule has 160 valence electrons. The normalized spacial score (nSPS) is 11.4. The maximum Gasteiger partial charge on any atom is 0.228 e. The fourth-order valence-corrected chi connectivity index (χ4v) is 4.84. The lowest BCUT2D eigenvalue weighted by Crippen LogP contribution is -2.33. The molecule has 0 aliphatic rings. The highest BCUT2D eigenvalue weighted by Crippen LogP contribution is 2.30. The number of benzene rings is 2. The van der Waals surface area contributed by atoms with E-state index in [0.717, 1.165) is 28.3 Å². The first-order chi connectivity index (χ1) is 14.4. The first-order valence-corrected chi connectivity index (χ1v) is 11.6. The van der Waals surface area contributed by atoms with Gasteiger partial charge in [-0.15, -0.1) is 11.8 Å². The highest BCUT2D eigenvalue weighted by molar-refractivity contribution is 7.99. The Morgan fingerprint density at radius 1 is 1.03 bits per heavy atom. The molecule has 4 nitrogen and oxygen atoms in total. The Kier molecular flexibility index (Phi) is 8.18. The number of nitrogens with zero attached hydrogens (tertiary/aromatic N) is 3. The molecule has 8 heteroatoms. The van der Waals surface area contributed by atoms with Gasteiger partial charge in [0, 0.05) is 17.9 Å². The number of fused-ring (bicyclic) bond motifs is 1. The molecule has 0 bridgehead atoms. The van der Waals surface area contributed by atoms with Crippen molar-refractivity contribution in [3.63, 3.8) is 0 Å². The average Bonchev–Trinajstić information content (AvgIpc) is 3.12. The van der Waals surface area contributed by atoms with Crippen LogP contribution in [0.3, 0.4) is 0 Å². The second-order valence-electron chi connectivity index (χ2n) is 7.22. The molecule has 0 unspecified atom stereocenters. The van der Waals surface area contributed by atoms with Crippen LogP contribution in [0.25, 0.3) is 10.2 Å². The molecular weight excluding hydrogens is 424 g/mol. The number of carbonyl (C=O) groups is 1. The van der Waals surface area contributed by atoms with Crippen LogP contribution in [0.4, 0.5) is 13.9 Å². The van der Waals surface area contributed by atoms with E-state index in [2.05, 4.69) is 9.88 Å². The summed E-state index contributed by atoms with van der Waals surface area (Å²) in [5, 5.41) is 0.616. The first-order valence-electron chi connectivity index (χ1n) is 9.82. The van der Waals surface area contributed by atoms with Crippen molar-refractivity contribution in [2.24, 2.45) is 0 Å². The third kappa shape index (κ3) is 6.48. The Labute approximate surface area is 183 Å². The maximum absolute atomic E-state index is 13.5. The number of thiazole rings is 1. The van der Waals surface area contributed by atoms with Crippen LogP contribution < -0.4 is 4.90 Å². The van der Waals surface area contributed by atoms with Crippen LogP contribution in [-0.2, 0) is 4.79 Å². The Hall–Kier alpha value is -2.03. The predicted molar refractivity (Wildman–Crippen MR) is 121 cm³/mol. The molecule has 0 saturated carbocycles. The van der Waals surface area contributed by atoms with Gasteiger partial charge in [-0.05, 0) is 81.7 Å². The largest absolute Gasteiger partial charge is 0.309 e. The van der Waals surface area contributed by atoms with E-state index in [4.69, 9.17) is 0 Å². The Morgan fingerprint density at radius 3 is 2.50 bits per heavy atom. The van der Waals surface area contributed by atoms with E-state index in [1.807, 2.05) is 14.1 Å². The predicted octanol–water partition coefficient (Wildman–Crippen LogP) is 5.43. The molecule has 0 radical (unpaired) electrons. The van der Waals surface area contributed by atoms with Crippen LogP contribution >= 0.6 is 23.1 Å². The molecule has 0 spiro atoms. The molecule has 30 heavy (non-hydrogen) atoms. The van der Waals surface area contributed by atoms with Crippen LogP contribution in [0.5, 0.6) is 0 Å². The van der Waals surface area contributed by atoms with E-state index in [1.165, 1.54) is 35.6 Å². The maximum atomic E-state index is 13.5. The minimum absolute atomic E-state index is 0.0213. The van der Waals surface area contributed by atoms with Gasteiger partial charge in [0.1, 0.15) is 11.6 Å². The van der Waals surface area contributed by atoms with Gasteiger partial charge in [-0.1, -0.05) is 11.3 Å². The van der Waals surface area contributed by atoms with Crippen molar-refractivity contribution in [2.45, 2.75) is 24.2 Å². The summed E-state index contributed by atoms with van der Waals surface area (Å²) in [4.78, 5) is 22.3. The molecule has 2 aromatic carbocycles. The van der Waals surface area contributed by atoms with Crippen molar-refractivity contribution in [1.82, 2.24) is 9.88 Å². The number of amides is 1. The summed E-state index contributed by atoms with van der Waals surface area (Å²) in [6.45, 7) is 1.44. The van der Waals surface area contributed by atoms with E-state index in [1.54, 1.807) is 34.9 Å². The van der Waals surface area contributed by atoms with Gasteiger partial charge in [0.15, 0.2) is 5.13 Å². The van der Waals surface area contributed by atoms with Gasteiger partial charge >= 0.3 is 0 Å². The third-order valence-electron chi connectivity index (χ3n) is 4.48. The Balaban J connectivity index is 1.62. The summed E-state index contributed by atoms with van der Waals surface area (Å²) in [5.41, 5.74) is 0.702. The van der Waals surface area contributed by atoms with E-state index in [-0.39, 0.29) is 17.5 Å². The van der Waals surface area contributed by atoms with Crippen molar-refractivity contribution in [3.8, 4) is 0 Å². The highest BCUT2D eigenvalue weighted by Gasteiger charge is 2.19. The molecule has 1 amide bonds. The number of halogens is 2. The van der Waals surface area contributed by atoms with E-state index in [0.29, 0.717) is 30.0 Å². The fourth-order valence-electron chi connectivity index (χ4n) is 2.95. The van der Waals surface area contributed by atoms with Gasteiger partial charge in [-0.25, -0.2) is 13.8 Å². The fraction of sp³-hybridized carbons (Fsp3) is 0.364. The highest BCUT2D eigenvalue weighted by atomic mass is 32.2. The molecule has 3 aromatic rings. The lowest BCUT2D eigenvalue weighted by molar-refractivity contribution is -0.118. The molecule has 0 saturated heterocycles. The zero-order valence-electron chi connectivity index (χ0n) is 17.1. The zero-order valence-corrected chi connectivity index (χ0v) is 18.7. The molecular formula is C22H25F2N3OS2. The second-order valence-corrected chi connectivity index (χ2v) is 9.39. The van der Waals surface area contributed by atoms with E-state index < -0.39 is 0 Å². The van der Waals surface area contributed by atoms with E-state index >= 15 is 0 Å². The van der Waals surface area contributed by atoms with Crippen LogP contribution in [0.2, 0.25) is 0 Å². The van der Waals surface area contributed by atoms with Crippen molar-refractivity contribution in [2.75, 3.05) is 37.8 Å². The van der Waals surface area contributed by atoms with Crippen LogP contribution in [0, 0.1) is 11.6 Å². The van der Waals surface area contributed by atoms with Crippen molar-refractivity contribution >= 4 is 44.4 Å². The summed E-state index contributed by atoms with van der Waals surface area (Å²) in [5.74, 6) is 0.237. The number of hydrogen-bond acceptors (Lipinski definition) is 5. The summed E-state index contributed by atoms with van der Waals surface area (Å²) < 4.78 is 27.3. The summed E-state index contributed by atoms with van der Waals surface area (Å²) in [6, 6.07) is 10.9. The number of carbonyl (C=O) groups excluding carboxylic acids is 1. The van der Waals surface area contributed by atoms with Gasteiger partial charge in [0.25, 0.3) is 0 Å². The number of hydrogen-bond donors (Lipinski definition) is 0. The lowest BCUT2D eigenvalue weighted by atomic mass is 10.3. The summed E-state index contributed by atoms with van der Waals surface area (Å²) in [6.07, 6.45) is 1.94. The Morgan fingerprint density at radius 2 is 1.77 bits per heavy atom. The second kappa shape index (κ2) is 10.8. The van der Waals surface area contributed by atoms with E-state index in [9.17, 15) is 13.6 Å². The molecule has 3 rings (SSSR count). The van der Waals surface area contributed by atoms with Crippen molar-refractivity contribution in [3.05, 3.63) is 54.1 Å². The van der Waals surface area contributed by atoms with Crippen LogP contribution in [-0.4, -0.2) is 48.7 Å². The number of anilines is 1. The van der Waals surface area contributed by atoms with Gasteiger partial charge in [-0.3, -0.25) is 9.69 Å². The van der Waals surface area contributed by atoms with Crippen molar-refractivity contribution < 1.29 is 13.6 Å². The van der Waals surface area contributed by atoms with Gasteiger partial charge in [0.05, 0.1) is 10.2 Å². The molecule has 1 aromatic heterocycles. The zero-order chi connectivity index (χ0) is 21.5. The number of aromatic nitrogens is 1. The third-order valence-corrected chi connectivity index (χ3v) is 6.61. The minimum atomic E-state index is -0.305. The topological polar surface area (TPSA) is 36.4 Å². The summed E-state index contributed by atoms with van der Waals surface area (Å²) in [7, 11) is 4.00. The SMILES string of the molecule is CN(C)CCCN(C(=O)CCCSc1ccc(F)cc1)c1nc2ccc(F)cc2s1.